The van der Waals surface area contributed by atoms with Gasteiger partial charge in [-0.05, 0) is 64.0 Å². The fraction of sp³-hybridized carbons (Fsp3) is 0.524. The Morgan fingerprint density at radius 1 is 1.21 bits per heavy atom. The lowest BCUT2D eigenvalue weighted by Gasteiger charge is -2.34. The highest BCUT2D eigenvalue weighted by Crippen LogP contribution is 2.38. The molecule has 2 aromatic rings. The molecule has 4 rings (SSSR count). The van der Waals surface area contributed by atoms with Crippen LogP contribution < -0.4 is 15.2 Å². The molecule has 2 fully saturated rings. The van der Waals surface area contributed by atoms with Gasteiger partial charge in [0.1, 0.15) is 0 Å². The van der Waals surface area contributed by atoms with Crippen LogP contribution in [0, 0.1) is 0 Å². The lowest BCUT2D eigenvalue weighted by atomic mass is 9.77. The maximum atomic E-state index is 6.30. The van der Waals surface area contributed by atoms with Crippen molar-refractivity contribution in [1.29, 1.82) is 0 Å². The van der Waals surface area contributed by atoms with Crippen molar-refractivity contribution >= 4 is 24.6 Å². The average Bonchev–Trinajstić information content (AvgIpc) is 3.32. The Labute approximate surface area is 171 Å². The Kier molecular flexibility index (Phi) is 6.62. The van der Waals surface area contributed by atoms with Gasteiger partial charge in [-0.25, -0.2) is 0 Å². The average molecular weight is 406 g/mol. The van der Waals surface area contributed by atoms with E-state index in [0.29, 0.717) is 18.3 Å². The van der Waals surface area contributed by atoms with Crippen molar-refractivity contribution in [2.24, 2.45) is 5.73 Å². The Morgan fingerprint density at radius 2 is 2.00 bits per heavy atom. The van der Waals surface area contributed by atoms with Crippen LogP contribution in [0.25, 0.3) is 12.2 Å². The number of nitrogens with zero attached hydrogens (tertiary/aromatic N) is 2. The number of hydrogen-bond acceptors (Lipinski definition) is 6. The second-order valence-electron chi connectivity index (χ2n) is 7.43. The predicted octanol–water partition coefficient (Wildman–Crippen LogP) is 4.72. The first-order chi connectivity index (χ1) is 13.2. The van der Waals surface area contributed by atoms with Crippen LogP contribution in [0.5, 0.6) is 11.5 Å². The smallest absolute Gasteiger partial charge is 0.250 e. The van der Waals surface area contributed by atoms with Gasteiger partial charge in [0, 0.05) is 11.6 Å². The first-order valence-electron chi connectivity index (χ1n) is 9.91. The highest BCUT2D eigenvalue weighted by atomic mass is 35.5. The molecule has 2 saturated carbocycles. The van der Waals surface area contributed by atoms with Crippen LogP contribution in [0.4, 0.5) is 0 Å². The molecule has 0 amide bonds. The summed E-state index contributed by atoms with van der Waals surface area (Å²) in [5.74, 6) is 2.61. The Hall–Kier alpha value is -2.05. The number of nitrogens with two attached hydrogens (primary N) is 1. The Balaban J connectivity index is 0.00000225. The first kappa shape index (κ1) is 20.7. The maximum absolute atomic E-state index is 6.30. The monoisotopic (exact) mass is 405 g/mol. The highest BCUT2D eigenvalue weighted by molar-refractivity contribution is 5.85. The van der Waals surface area contributed by atoms with E-state index in [2.05, 4.69) is 10.1 Å². The van der Waals surface area contributed by atoms with Gasteiger partial charge in [-0.15, -0.1) is 12.4 Å². The van der Waals surface area contributed by atoms with Crippen LogP contribution >= 0.6 is 12.4 Å². The lowest BCUT2D eigenvalue weighted by molar-refractivity contribution is 0.196. The summed E-state index contributed by atoms with van der Waals surface area (Å²) < 4.78 is 17.4. The highest BCUT2D eigenvalue weighted by Gasteiger charge is 2.38. The van der Waals surface area contributed by atoms with E-state index in [4.69, 9.17) is 19.7 Å². The molecule has 2 N–H and O–H groups in total. The Morgan fingerprint density at radius 3 is 2.68 bits per heavy atom. The van der Waals surface area contributed by atoms with Crippen molar-refractivity contribution in [2.45, 2.75) is 63.5 Å². The van der Waals surface area contributed by atoms with Gasteiger partial charge in [-0.2, -0.15) is 4.98 Å². The molecule has 2 aliphatic carbocycles. The van der Waals surface area contributed by atoms with Crippen molar-refractivity contribution in [3.8, 4) is 11.5 Å². The summed E-state index contributed by atoms with van der Waals surface area (Å²) in [5, 5.41) is 4.06. The molecule has 1 aromatic carbocycles. The van der Waals surface area contributed by atoms with E-state index in [9.17, 15) is 0 Å². The van der Waals surface area contributed by atoms with Crippen molar-refractivity contribution in [3.63, 3.8) is 0 Å². The van der Waals surface area contributed by atoms with Crippen LogP contribution in [0.3, 0.4) is 0 Å². The van der Waals surface area contributed by atoms with E-state index in [1.807, 2.05) is 37.3 Å². The standard InChI is InChI=1S/C21H27N3O3.ClH/c1-2-25-17-10-5-7-15(19(17)26-16-8-3-4-9-16)11-12-18-23-20(24-27-18)21(22)13-6-14-21;/h5,7,10-12,16H,2-4,6,8-9,13-14,22H2,1H3;1H/b12-11+;. The van der Waals surface area contributed by atoms with E-state index >= 15 is 0 Å². The molecule has 6 nitrogen and oxygen atoms in total. The molecular weight excluding hydrogens is 378 g/mol. The minimum Gasteiger partial charge on any atom is -0.490 e. The molecule has 0 atom stereocenters. The van der Waals surface area contributed by atoms with Crippen molar-refractivity contribution < 1.29 is 14.0 Å². The molecule has 0 spiro atoms. The quantitative estimate of drug-likeness (QED) is 0.717. The van der Waals surface area contributed by atoms with E-state index in [1.54, 1.807) is 0 Å². The zero-order valence-corrected chi connectivity index (χ0v) is 17.0. The minimum atomic E-state index is -0.415. The van der Waals surface area contributed by atoms with Crippen LogP contribution in [0.1, 0.15) is 69.1 Å². The minimum absolute atomic E-state index is 0. The topological polar surface area (TPSA) is 83.4 Å². The van der Waals surface area contributed by atoms with E-state index in [0.717, 1.165) is 49.2 Å². The largest absolute Gasteiger partial charge is 0.490 e. The number of halogens is 1. The summed E-state index contributed by atoms with van der Waals surface area (Å²) in [6, 6.07) is 5.93. The molecule has 0 radical (unpaired) electrons. The van der Waals surface area contributed by atoms with Gasteiger partial charge in [0.05, 0.1) is 18.2 Å². The predicted molar refractivity (Wildman–Crippen MR) is 111 cm³/mol. The molecular formula is C21H28ClN3O3. The second kappa shape index (κ2) is 8.97. The van der Waals surface area contributed by atoms with E-state index in [1.165, 1.54) is 12.8 Å². The molecule has 152 valence electrons. The summed E-state index contributed by atoms with van der Waals surface area (Å²) in [5.41, 5.74) is 6.80. The fourth-order valence-corrected chi connectivity index (χ4v) is 3.68. The number of rotatable bonds is 7. The van der Waals surface area contributed by atoms with Gasteiger partial charge in [-0.3, -0.25) is 0 Å². The fourth-order valence-electron chi connectivity index (χ4n) is 3.68. The van der Waals surface area contributed by atoms with Crippen molar-refractivity contribution in [2.75, 3.05) is 6.61 Å². The molecule has 0 saturated heterocycles. The third kappa shape index (κ3) is 4.33. The summed E-state index contributed by atoms with van der Waals surface area (Å²) >= 11 is 0. The van der Waals surface area contributed by atoms with Gasteiger partial charge < -0.3 is 19.7 Å². The molecule has 1 heterocycles. The number of aromatic nitrogens is 2. The van der Waals surface area contributed by atoms with Gasteiger partial charge in [0.15, 0.2) is 17.3 Å². The molecule has 1 aromatic heterocycles. The lowest BCUT2D eigenvalue weighted by Crippen LogP contribution is -2.44. The molecule has 0 unspecified atom stereocenters. The summed E-state index contributed by atoms with van der Waals surface area (Å²) in [6.07, 6.45) is 11.6. The van der Waals surface area contributed by atoms with Crippen LogP contribution in [0.2, 0.25) is 0 Å². The van der Waals surface area contributed by atoms with Gasteiger partial charge in [0.25, 0.3) is 5.89 Å². The van der Waals surface area contributed by atoms with Gasteiger partial charge in [0.2, 0.25) is 0 Å². The molecule has 28 heavy (non-hydrogen) atoms. The maximum Gasteiger partial charge on any atom is 0.250 e. The SMILES string of the molecule is CCOc1cccc(/C=C/c2nc(C3(N)CCC3)no2)c1OC1CCCC1.Cl. The number of ether oxygens (including phenoxy) is 2. The van der Waals surface area contributed by atoms with Crippen LogP contribution in [0.15, 0.2) is 22.7 Å². The molecule has 0 aliphatic heterocycles. The zero-order chi connectivity index (χ0) is 18.7. The van der Waals surface area contributed by atoms with Crippen molar-refractivity contribution in [3.05, 3.63) is 35.5 Å². The normalized spacial score (nSPS) is 18.6. The number of para-hydroxylation sites is 1. The number of hydrogen-bond donors (Lipinski definition) is 1. The third-order valence-electron chi connectivity index (χ3n) is 5.43. The second-order valence-corrected chi connectivity index (χ2v) is 7.43. The van der Waals surface area contributed by atoms with Crippen molar-refractivity contribution in [1.82, 2.24) is 10.1 Å². The van der Waals surface area contributed by atoms with Crippen LogP contribution in [-0.4, -0.2) is 22.9 Å². The zero-order valence-electron chi connectivity index (χ0n) is 16.2. The summed E-state index contributed by atoms with van der Waals surface area (Å²) in [4.78, 5) is 4.45. The third-order valence-corrected chi connectivity index (χ3v) is 5.43. The number of benzene rings is 1. The first-order valence-corrected chi connectivity index (χ1v) is 9.91. The van der Waals surface area contributed by atoms with Gasteiger partial charge in [-0.1, -0.05) is 17.3 Å². The summed E-state index contributed by atoms with van der Waals surface area (Å²) in [7, 11) is 0. The van der Waals surface area contributed by atoms with Gasteiger partial charge >= 0.3 is 0 Å². The van der Waals surface area contributed by atoms with Crippen LogP contribution in [-0.2, 0) is 5.54 Å². The van der Waals surface area contributed by atoms with E-state index in [-0.39, 0.29) is 18.5 Å². The molecule has 7 heteroatoms. The molecule has 2 aliphatic rings. The summed E-state index contributed by atoms with van der Waals surface area (Å²) in [6.45, 7) is 2.57. The molecule has 0 bridgehead atoms. The van der Waals surface area contributed by atoms with E-state index < -0.39 is 5.54 Å². The Bertz CT molecular complexity index is 811.